The second-order valence-corrected chi connectivity index (χ2v) is 3.37. The van der Waals surface area contributed by atoms with Crippen molar-refractivity contribution in [2.24, 2.45) is 5.73 Å². The molecule has 0 aliphatic heterocycles. The second kappa shape index (κ2) is 5.02. The van der Waals surface area contributed by atoms with E-state index in [0.717, 1.165) is 5.56 Å². The predicted octanol–water partition coefficient (Wildman–Crippen LogP) is 1.53. The molecule has 1 aromatic heterocycles. The molecule has 0 saturated heterocycles. The Morgan fingerprint density at radius 3 is 2.67 bits per heavy atom. The van der Waals surface area contributed by atoms with E-state index in [1.54, 1.807) is 6.07 Å². The third kappa shape index (κ3) is 3.13. The summed E-state index contributed by atoms with van der Waals surface area (Å²) in [7, 11) is 1.51. The molecule has 3 nitrogen and oxygen atoms in total. The van der Waals surface area contributed by atoms with Gasteiger partial charge in [0.2, 0.25) is 5.88 Å². The van der Waals surface area contributed by atoms with Crippen LogP contribution in [0.5, 0.6) is 5.88 Å². The summed E-state index contributed by atoms with van der Waals surface area (Å²) in [5, 5.41) is 0. The van der Waals surface area contributed by atoms with E-state index in [1.165, 1.54) is 13.3 Å². The van der Waals surface area contributed by atoms with Gasteiger partial charge in [0, 0.05) is 11.8 Å². The number of hydrogen-bond donors (Lipinski definition) is 1. The van der Waals surface area contributed by atoms with Crippen LogP contribution in [-0.2, 0) is 6.42 Å². The molecule has 1 unspecified atom stereocenters. The van der Waals surface area contributed by atoms with Crippen molar-refractivity contribution in [3.05, 3.63) is 23.4 Å². The molecule has 1 atom stereocenters. The van der Waals surface area contributed by atoms with Crippen molar-refractivity contribution in [1.82, 2.24) is 4.98 Å². The lowest BCUT2D eigenvalue weighted by Gasteiger charge is -2.11. The molecule has 0 fully saturated rings. The first-order valence-electron chi connectivity index (χ1n) is 4.58. The lowest BCUT2D eigenvalue weighted by atomic mass is 10.1. The van der Waals surface area contributed by atoms with E-state index in [9.17, 15) is 8.78 Å². The molecule has 0 aromatic carbocycles. The molecule has 0 aliphatic carbocycles. The smallest absolute Gasteiger partial charge is 0.253 e. The average Bonchev–Trinajstić information content (AvgIpc) is 2.18. The molecular weight excluding hydrogens is 202 g/mol. The van der Waals surface area contributed by atoms with Crippen LogP contribution in [0.1, 0.15) is 11.1 Å². The van der Waals surface area contributed by atoms with E-state index < -0.39 is 12.5 Å². The van der Waals surface area contributed by atoms with Gasteiger partial charge in [0.15, 0.2) is 0 Å². The Kier molecular flexibility index (Phi) is 3.96. The summed E-state index contributed by atoms with van der Waals surface area (Å²) in [6, 6.07) is 0.619. The highest BCUT2D eigenvalue weighted by Gasteiger charge is 2.16. The zero-order valence-electron chi connectivity index (χ0n) is 8.71. The van der Waals surface area contributed by atoms with Gasteiger partial charge in [-0.3, -0.25) is 0 Å². The maximum Gasteiger partial charge on any atom is 0.253 e. The topological polar surface area (TPSA) is 48.1 Å². The maximum atomic E-state index is 12.2. The molecule has 2 N–H and O–H groups in total. The van der Waals surface area contributed by atoms with Gasteiger partial charge in [-0.25, -0.2) is 13.8 Å². The van der Waals surface area contributed by atoms with Crippen LogP contribution in [0, 0.1) is 6.92 Å². The first-order valence-corrected chi connectivity index (χ1v) is 4.58. The van der Waals surface area contributed by atoms with E-state index in [0.29, 0.717) is 11.4 Å². The fraction of sp³-hybridized carbons (Fsp3) is 0.500. The van der Waals surface area contributed by atoms with Crippen LogP contribution in [0.2, 0.25) is 0 Å². The van der Waals surface area contributed by atoms with Crippen molar-refractivity contribution in [2.75, 3.05) is 7.11 Å². The highest BCUT2D eigenvalue weighted by Crippen LogP contribution is 2.16. The summed E-state index contributed by atoms with van der Waals surface area (Å²) < 4.78 is 29.3. The highest BCUT2D eigenvalue weighted by molar-refractivity contribution is 5.28. The number of rotatable bonds is 4. The number of hydrogen-bond acceptors (Lipinski definition) is 3. The molecule has 0 spiro atoms. The normalized spacial score (nSPS) is 12.9. The van der Waals surface area contributed by atoms with Crippen molar-refractivity contribution >= 4 is 0 Å². The molecule has 0 bridgehead atoms. The number of nitrogens with two attached hydrogens (primary N) is 1. The first kappa shape index (κ1) is 11.8. The van der Waals surface area contributed by atoms with Gasteiger partial charge in [-0.1, -0.05) is 0 Å². The minimum absolute atomic E-state index is 0.121. The molecule has 1 rings (SSSR count). The number of nitrogens with zero attached hydrogens (tertiary/aromatic N) is 1. The summed E-state index contributed by atoms with van der Waals surface area (Å²) in [6.45, 7) is 1.81. The van der Waals surface area contributed by atoms with Gasteiger partial charge in [0.25, 0.3) is 6.43 Å². The van der Waals surface area contributed by atoms with Crippen molar-refractivity contribution in [3.63, 3.8) is 0 Å². The number of ether oxygens (including phenoxy) is 1. The quantitative estimate of drug-likeness (QED) is 0.830. The fourth-order valence-corrected chi connectivity index (χ4v) is 1.31. The van der Waals surface area contributed by atoms with Crippen LogP contribution >= 0.6 is 0 Å². The van der Waals surface area contributed by atoms with Crippen LogP contribution in [0.3, 0.4) is 0 Å². The minimum atomic E-state index is -2.51. The molecule has 1 aromatic rings. The molecular formula is C10H14F2N2O. The lowest BCUT2D eigenvalue weighted by molar-refractivity contribution is 0.116. The number of aryl methyl sites for hydroxylation is 1. The molecule has 84 valence electrons. The van der Waals surface area contributed by atoms with E-state index >= 15 is 0 Å². The monoisotopic (exact) mass is 216 g/mol. The van der Waals surface area contributed by atoms with Gasteiger partial charge in [-0.15, -0.1) is 0 Å². The van der Waals surface area contributed by atoms with Crippen LogP contribution < -0.4 is 10.5 Å². The summed E-state index contributed by atoms with van der Waals surface area (Å²) in [5.41, 5.74) is 6.77. The Balaban J connectivity index is 2.75. The molecule has 1 heterocycles. The van der Waals surface area contributed by atoms with E-state index in [-0.39, 0.29) is 6.42 Å². The van der Waals surface area contributed by atoms with Crippen molar-refractivity contribution < 1.29 is 13.5 Å². The number of methoxy groups -OCH3 is 1. The Morgan fingerprint density at radius 2 is 2.20 bits per heavy atom. The summed E-state index contributed by atoms with van der Waals surface area (Å²) in [6.07, 6.45) is -0.878. The number of halogens is 2. The van der Waals surface area contributed by atoms with Crippen molar-refractivity contribution in [3.8, 4) is 5.88 Å². The Hall–Kier alpha value is -1.23. The fourth-order valence-electron chi connectivity index (χ4n) is 1.31. The predicted molar refractivity (Wildman–Crippen MR) is 53.2 cm³/mol. The third-order valence-electron chi connectivity index (χ3n) is 2.08. The molecule has 0 amide bonds. The van der Waals surface area contributed by atoms with Crippen molar-refractivity contribution in [1.29, 1.82) is 0 Å². The molecule has 5 heteroatoms. The van der Waals surface area contributed by atoms with Crippen LogP contribution in [0.25, 0.3) is 0 Å². The maximum absolute atomic E-state index is 12.2. The molecule has 0 radical (unpaired) electrons. The van der Waals surface area contributed by atoms with Crippen molar-refractivity contribution in [2.45, 2.75) is 25.8 Å². The Labute approximate surface area is 87.3 Å². The second-order valence-electron chi connectivity index (χ2n) is 3.37. The standard InChI is InChI=1S/C10H14F2N2O/c1-6-3-7(4-8(13)9(11)12)5-14-10(6)15-2/h3,5,8-9H,4,13H2,1-2H3. The van der Waals surface area contributed by atoms with Gasteiger partial charge < -0.3 is 10.5 Å². The van der Waals surface area contributed by atoms with Crippen LogP contribution in [0.4, 0.5) is 8.78 Å². The summed E-state index contributed by atoms with van der Waals surface area (Å²) >= 11 is 0. The SMILES string of the molecule is COc1ncc(CC(N)C(F)F)cc1C. The summed E-state index contributed by atoms with van der Waals surface area (Å²) in [5.74, 6) is 0.504. The largest absolute Gasteiger partial charge is 0.481 e. The zero-order valence-corrected chi connectivity index (χ0v) is 8.71. The van der Waals surface area contributed by atoms with Crippen LogP contribution in [-0.4, -0.2) is 24.6 Å². The number of pyridine rings is 1. The zero-order chi connectivity index (χ0) is 11.4. The van der Waals surface area contributed by atoms with E-state index in [2.05, 4.69) is 4.98 Å². The van der Waals surface area contributed by atoms with Gasteiger partial charge >= 0.3 is 0 Å². The molecule has 0 aliphatic rings. The molecule has 0 saturated carbocycles. The van der Waals surface area contributed by atoms with Gasteiger partial charge in [-0.2, -0.15) is 0 Å². The van der Waals surface area contributed by atoms with E-state index in [4.69, 9.17) is 10.5 Å². The van der Waals surface area contributed by atoms with Gasteiger partial charge in [0.05, 0.1) is 13.2 Å². The van der Waals surface area contributed by atoms with Crippen LogP contribution in [0.15, 0.2) is 12.3 Å². The number of alkyl halides is 2. The third-order valence-corrected chi connectivity index (χ3v) is 2.08. The Morgan fingerprint density at radius 1 is 1.53 bits per heavy atom. The summed E-state index contributed by atoms with van der Waals surface area (Å²) in [4.78, 5) is 3.99. The van der Waals surface area contributed by atoms with Gasteiger partial charge in [-0.05, 0) is 25.0 Å². The minimum Gasteiger partial charge on any atom is -0.481 e. The lowest BCUT2D eigenvalue weighted by Crippen LogP contribution is -2.30. The van der Waals surface area contributed by atoms with E-state index in [1.807, 2.05) is 6.92 Å². The number of aromatic nitrogens is 1. The Bertz CT molecular complexity index is 331. The first-order chi connectivity index (χ1) is 7.04. The molecule has 15 heavy (non-hydrogen) atoms. The van der Waals surface area contributed by atoms with Gasteiger partial charge in [0.1, 0.15) is 0 Å². The highest BCUT2D eigenvalue weighted by atomic mass is 19.3. The average molecular weight is 216 g/mol.